The SMILES string of the molecule is CC1(C)[C@H](C(=O)N2CCOCC2)CC[C@@]1(C)C(=O)[O-]. The third-order valence-electron chi connectivity index (χ3n) is 5.30. The first-order chi connectivity index (χ1) is 8.80. The monoisotopic (exact) mass is 268 g/mol. The van der Waals surface area contributed by atoms with Crippen LogP contribution in [0, 0.1) is 16.7 Å². The average molecular weight is 268 g/mol. The predicted molar refractivity (Wildman–Crippen MR) is 67.0 cm³/mol. The summed E-state index contributed by atoms with van der Waals surface area (Å²) in [4.78, 5) is 25.8. The lowest BCUT2D eigenvalue weighted by atomic mass is 9.65. The van der Waals surface area contributed by atoms with Crippen LogP contribution < -0.4 is 5.11 Å². The number of aliphatic carboxylic acids is 1. The Morgan fingerprint density at radius 3 is 2.26 bits per heavy atom. The lowest BCUT2D eigenvalue weighted by Gasteiger charge is -2.43. The van der Waals surface area contributed by atoms with E-state index in [1.54, 1.807) is 11.8 Å². The molecule has 0 bridgehead atoms. The minimum atomic E-state index is -1.05. The number of carbonyl (C=O) groups excluding carboxylic acids is 2. The van der Waals surface area contributed by atoms with Gasteiger partial charge in [-0.3, -0.25) is 4.79 Å². The molecule has 0 aromatic heterocycles. The van der Waals surface area contributed by atoms with Crippen molar-refractivity contribution in [2.24, 2.45) is 16.7 Å². The van der Waals surface area contributed by atoms with Crippen LogP contribution in [0.3, 0.4) is 0 Å². The number of carboxylic acids is 1. The molecule has 108 valence electrons. The summed E-state index contributed by atoms with van der Waals surface area (Å²) in [5.74, 6) is -1.22. The zero-order valence-corrected chi connectivity index (χ0v) is 11.9. The Bertz CT molecular complexity index is 387. The minimum Gasteiger partial charge on any atom is -0.550 e. The maximum absolute atomic E-state index is 12.6. The van der Waals surface area contributed by atoms with Crippen LogP contribution in [0.5, 0.6) is 0 Å². The van der Waals surface area contributed by atoms with E-state index in [1.165, 1.54) is 0 Å². The molecule has 0 radical (unpaired) electrons. The molecular weight excluding hydrogens is 246 g/mol. The fourth-order valence-electron chi connectivity index (χ4n) is 3.30. The number of nitrogens with zero attached hydrogens (tertiary/aromatic N) is 1. The summed E-state index contributed by atoms with van der Waals surface area (Å²) in [5, 5.41) is 11.4. The number of hydrogen-bond acceptors (Lipinski definition) is 4. The Morgan fingerprint density at radius 1 is 1.21 bits per heavy atom. The maximum Gasteiger partial charge on any atom is 0.226 e. The molecule has 0 aromatic carbocycles. The number of hydrogen-bond donors (Lipinski definition) is 0. The average Bonchev–Trinajstić information content (AvgIpc) is 2.62. The number of morpholine rings is 1. The molecule has 1 saturated carbocycles. The Morgan fingerprint density at radius 2 is 1.79 bits per heavy atom. The van der Waals surface area contributed by atoms with Gasteiger partial charge >= 0.3 is 0 Å². The van der Waals surface area contributed by atoms with Crippen molar-refractivity contribution in [3.05, 3.63) is 0 Å². The molecule has 1 heterocycles. The third-order valence-corrected chi connectivity index (χ3v) is 5.30. The van der Waals surface area contributed by atoms with E-state index >= 15 is 0 Å². The fourth-order valence-corrected chi connectivity index (χ4v) is 3.30. The first kappa shape index (κ1) is 14.3. The molecule has 0 aromatic rings. The largest absolute Gasteiger partial charge is 0.550 e. The minimum absolute atomic E-state index is 0.0678. The molecule has 0 spiro atoms. The van der Waals surface area contributed by atoms with Crippen molar-refractivity contribution in [3.63, 3.8) is 0 Å². The molecule has 2 fully saturated rings. The molecule has 2 rings (SSSR count). The first-order valence-electron chi connectivity index (χ1n) is 6.88. The van der Waals surface area contributed by atoms with E-state index < -0.39 is 16.8 Å². The van der Waals surface area contributed by atoms with Crippen LogP contribution in [0.25, 0.3) is 0 Å². The normalized spacial score (nSPS) is 34.3. The summed E-state index contributed by atoms with van der Waals surface area (Å²) in [5.41, 5.74) is -1.51. The predicted octanol–water partition coefficient (Wildman–Crippen LogP) is 0.0376. The van der Waals surface area contributed by atoms with Gasteiger partial charge < -0.3 is 19.5 Å². The summed E-state index contributed by atoms with van der Waals surface area (Å²) in [6, 6.07) is 0. The molecule has 19 heavy (non-hydrogen) atoms. The Kier molecular flexibility index (Phi) is 3.60. The Labute approximate surface area is 113 Å². The van der Waals surface area contributed by atoms with Gasteiger partial charge in [0.25, 0.3) is 0 Å². The van der Waals surface area contributed by atoms with Gasteiger partial charge in [0.15, 0.2) is 0 Å². The van der Waals surface area contributed by atoms with Gasteiger partial charge in [-0.25, -0.2) is 0 Å². The highest BCUT2D eigenvalue weighted by Crippen LogP contribution is 2.56. The van der Waals surface area contributed by atoms with Crippen molar-refractivity contribution in [1.82, 2.24) is 4.90 Å². The molecule has 0 unspecified atom stereocenters. The topological polar surface area (TPSA) is 69.7 Å². The van der Waals surface area contributed by atoms with Crippen LogP contribution in [0.2, 0.25) is 0 Å². The summed E-state index contributed by atoms with van der Waals surface area (Å²) < 4.78 is 5.25. The molecule has 1 amide bonds. The van der Waals surface area contributed by atoms with Crippen molar-refractivity contribution in [2.75, 3.05) is 26.3 Å². The van der Waals surface area contributed by atoms with Gasteiger partial charge in [-0.1, -0.05) is 20.8 Å². The van der Waals surface area contributed by atoms with E-state index in [4.69, 9.17) is 4.74 Å². The molecule has 0 N–H and O–H groups in total. The van der Waals surface area contributed by atoms with Crippen molar-refractivity contribution >= 4 is 11.9 Å². The smallest absolute Gasteiger partial charge is 0.226 e. The Hall–Kier alpha value is -1.10. The summed E-state index contributed by atoms with van der Waals surface area (Å²) >= 11 is 0. The highest BCUT2D eigenvalue weighted by atomic mass is 16.5. The second-order valence-electron chi connectivity index (χ2n) is 6.37. The zero-order valence-electron chi connectivity index (χ0n) is 11.9. The van der Waals surface area contributed by atoms with Crippen LogP contribution in [-0.2, 0) is 14.3 Å². The highest BCUT2D eigenvalue weighted by Gasteiger charge is 2.55. The quantitative estimate of drug-likeness (QED) is 0.709. The Balaban J connectivity index is 2.17. The van der Waals surface area contributed by atoms with Crippen molar-refractivity contribution < 1.29 is 19.4 Å². The number of carbonyl (C=O) groups is 2. The number of carboxylic acid groups (broad SMARTS) is 1. The second-order valence-corrected chi connectivity index (χ2v) is 6.37. The van der Waals surface area contributed by atoms with Gasteiger partial charge in [0.2, 0.25) is 5.91 Å². The molecule has 1 aliphatic heterocycles. The van der Waals surface area contributed by atoms with Crippen molar-refractivity contribution in [1.29, 1.82) is 0 Å². The lowest BCUT2D eigenvalue weighted by molar-refractivity contribution is -0.323. The van der Waals surface area contributed by atoms with Gasteiger partial charge in [0.05, 0.1) is 13.2 Å². The van der Waals surface area contributed by atoms with Crippen LogP contribution in [0.4, 0.5) is 0 Å². The van der Waals surface area contributed by atoms with E-state index in [1.807, 2.05) is 13.8 Å². The molecule has 5 heteroatoms. The summed E-state index contributed by atoms with van der Waals surface area (Å²) in [6.45, 7) is 7.79. The second kappa shape index (κ2) is 4.78. The molecule has 1 saturated heterocycles. The molecular formula is C14H22NO4-. The standard InChI is InChI=1S/C14H23NO4/c1-13(2)10(4-5-14(13,3)12(17)18)11(16)15-6-8-19-9-7-15/h10H,4-9H2,1-3H3,(H,17,18)/p-1/t10-,14-/m0/s1. The lowest BCUT2D eigenvalue weighted by Crippen LogP contribution is -2.52. The number of ether oxygens (including phenoxy) is 1. The van der Waals surface area contributed by atoms with Crippen LogP contribution in [0.1, 0.15) is 33.6 Å². The highest BCUT2D eigenvalue weighted by molar-refractivity contribution is 5.83. The fraction of sp³-hybridized carbons (Fsp3) is 0.857. The van der Waals surface area contributed by atoms with Gasteiger partial charge in [-0.2, -0.15) is 0 Å². The van der Waals surface area contributed by atoms with Crippen molar-refractivity contribution in [2.45, 2.75) is 33.6 Å². The van der Waals surface area contributed by atoms with Gasteiger partial charge in [-0.05, 0) is 18.3 Å². The molecule has 5 nitrogen and oxygen atoms in total. The molecule has 2 aliphatic rings. The zero-order chi connectivity index (χ0) is 14.3. The number of amides is 1. The number of rotatable bonds is 2. The summed E-state index contributed by atoms with van der Waals surface area (Å²) in [7, 11) is 0. The van der Waals surface area contributed by atoms with Crippen LogP contribution >= 0.6 is 0 Å². The third kappa shape index (κ3) is 2.14. The van der Waals surface area contributed by atoms with Crippen molar-refractivity contribution in [3.8, 4) is 0 Å². The van der Waals surface area contributed by atoms with Gasteiger partial charge in [-0.15, -0.1) is 0 Å². The maximum atomic E-state index is 12.6. The van der Waals surface area contributed by atoms with E-state index in [2.05, 4.69) is 0 Å². The van der Waals surface area contributed by atoms with Crippen LogP contribution in [0.15, 0.2) is 0 Å². The molecule has 1 aliphatic carbocycles. The van der Waals surface area contributed by atoms with E-state index in [9.17, 15) is 14.7 Å². The van der Waals surface area contributed by atoms with Gasteiger partial charge in [0, 0.05) is 30.4 Å². The first-order valence-corrected chi connectivity index (χ1v) is 6.88. The molecule has 2 atom stereocenters. The van der Waals surface area contributed by atoms with E-state index in [0.29, 0.717) is 39.1 Å². The van der Waals surface area contributed by atoms with Crippen LogP contribution in [-0.4, -0.2) is 43.1 Å². The van der Waals surface area contributed by atoms with E-state index in [-0.39, 0.29) is 11.8 Å². The van der Waals surface area contributed by atoms with Gasteiger partial charge in [0.1, 0.15) is 0 Å². The summed E-state index contributed by atoms with van der Waals surface area (Å²) in [6.07, 6.45) is 1.12. The van der Waals surface area contributed by atoms with E-state index in [0.717, 1.165) is 0 Å².